The highest BCUT2D eigenvalue weighted by Crippen LogP contribution is 2.36. The van der Waals surface area contributed by atoms with Crippen LogP contribution < -0.4 is 21.3 Å². The van der Waals surface area contributed by atoms with Crippen LogP contribution >= 0.6 is 10.7 Å². The van der Waals surface area contributed by atoms with Gasteiger partial charge in [-0.25, -0.2) is 4.79 Å². The number of nitrogens with one attached hydrogen (secondary N) is 4. The number of nitriles is 1. The maximum atomic E-state index is 12.8. The van der Waals surface area contributed by atoms with Crippen molar-refractivity contribution in [1.82, 2.24) is 25.6 Å². The average molecular weight is 423 g/mol. The highest BCUT2D eigenvalue weighted by atomic mass is 32.2. The van der Waals surface area contributed by atoms with Gasteiger partial charge in [-0.05, 0) is 38.6 Å². The van der Waals surface area contributed by atoms with Gasteiger partial charge in [0.05, 0.1) is 42.0 Å². The second kappa shape index (κ2) is 8.60. The molecule has 8 atom stereocenters. The Morgan fingerprint density at radius 3 is 3.07 bits per heavy atom. The van der Waals surface area contributed by atoms with E-state index in [1.54, 1.807) is 4.31 Å². The second-order valence-electron chi connectivity index (χ2n) is 8.21. The van der Waals surface area contributed by atoms with Gasteiger partial charge in [0.15, 0.2) is 0 Å². The summed E-state index contributed by atoms with van der Waals surface area (Å²) in [5.74, 6) is -0.225. The molecule has 0 aromatic rings. The predicted octanol–water partition coefficient (Wildman–Crippen LogP) is -0.478. The van der Waals surface area contributed by atoms with E-state index in [0.717, 1.165) is 13.0 Å². The van der Waals surface area contributed by atoms with Gasteiger partial charge in [0.2, 0.25) is 5.91 Å². The van der Waals surface area contributed by atoms with Crippen molar-refractivity contribution in [2.24, 2.45) is 5.92 Å². The standard InChI is InChI=1S/C19H30N6O3S/c1-3-29-18-11(2)21-5-4-13(18)24-19(27)25(29)9-16(26)23-14-10-28-15-6-12(7-20)8-22-17(14)15/h3,11-15,17-18,21-22H,4-6,8-10H2,1-2H3,(H,23,26)(H,24,27)/t11?,12?,13?,14-,15?,17?,18?,29?/m0/s1. The van der Waals surface area contributed by atoms with Crippen molar-refractivity contribution >= 4 is 28.0 Å². The van der Waals surface area contributed by atoms with Gasteiger partial charge in [-0.3, -0.25) is 9.10 Å². The minimum Gasteiger partial charge on any atom is -0.374 e. The van der Waals surface area contributed by atoms with Gasteiger partial charge >= 0.3 is 6.03 Å². The molecule has 4 aliphatic rings. The van der Waals surface area contributed by atoms with Gasteiger partial charge in [-0.2, -0.15) is 5.26 Å². The number of hydrogen-bond donors (Lipinski definition) is 4. The van der Waals surface area contributed by atoms with E-state index in [-0.39, 0.29) is 59.9 Å². The van der Waals surface area contributed by atoms with Crippen molar-refractivity contribution in [3.05, 3.63) is 0 Å². The fourth-order valence-corrected chi connectivity index (χ4v) is 7.40. The van der Waals surface area contributed by atoms with Gasteiger partial charge in [-0.1, -0.05) is 10.7 Å². The summed E-state index contributed by atoms with van der Waals surface area (Å²) in [5.41, 5.74) is 0. The molecule has 10 heteroatoms. The number of amides is 3. The summed E-state index contributed by atoms with van der Waals surface area (Å²) in [6.45, 7) is 6.09. The fraction of sp³-hybridized carbons (Fsp3) is 0.789. The molecule has 4 fully saturated rings. The molecular weight excluding hydrogens is 392 g/mol. The number of carbonyl (C=O) groups excluding carboxylic acids is 2. The average Bonchev–Trinajstić information content (AvgIpc) is 3.10. The topological polar surface area (TPSA) is 119 Å². The molecule has 0 aromatic heterocycles. The number of hydrogen-bond acceptors (Lipinski definition) is 6. The zero-order valence-corrected chi connectivity index (χ0v) is 17.7. The third kappa shape index (κ3) is 4.01. The van der Waals surface area contributed by atoms with E-state index in [4.69, 9.17) is 10.00 Å². The maximum absolute atomic E-state index is 12.8. The summed E-state index contributed by atoms with van der Waals surface area (Å²) >= 11 is 0. The van der Waals surface area contributed by atoms with E-state index in [1.807, 2.05) is 6.92 Å². The van der Waals surface area contributed by atoms with Crippen LogP contribution in [0.4, 0.5) is 4.79 Å². The van der Waals surface area contributed by atoms with Crippen LogP contribution in [-0.2, 0) is 9.53 Å². The van der Waals surface area contributed by atoms with Crippen LogP contribution in [0, 0.1) is 17.2 Å². The summed E-state index contributed by atoms with van der Waals surface area (Å²) < 4.78 is 7.48. The Bertz CT molecular complexity index is 740. The molecule has 4 aliphatic heterocycles. The minimum atomic E-state index is -0.414. The molecule has 0 spiro atoms. The lowest BCUT2D eigenvalue weighted by Gasteiger charge is -2.47. The highest BCUT2D eigenvalue weighted by molar-refractivity contribution is 8.14. The molecule has 4 rings (SSSR count). The van der Waals surface area contributed by atoms with Crippen LogP contribution in [0.3, 0.4) is 0 Å². The highest BCUT2D eigenvalue weighted by Gasteiger charge is 2.44. The molecular formula is C19H30N6O3S. The first kappa shape index (κ1) is 20.6. The van der Waals surface area contributed by atoms with Crippen LogP contribution in [0.2, 0.25) is 0 Å². The Hall–Kier alpha value is -1.67. The monoisotopic (exact) mass is 422 g/mol. The largest absolute Gasteiger partial charge is 0.374 e. The van der Waals surface area contributed by atoms with E-state index in [0.29, 0.717) is 19.6 Å². The summed E-state index contributed by atoms with van der Waals surface area (Å²) in [6.07, 6.45) is 1.55. The molecule has 29 heavy (non-hydrogen) atoms. The Balaban J connectivity index is 1.39. The molecule has 4 heterocycles. The minimum absolute atomic E-state index is 0.0154. The molecule has 0 saturated carbocycles. The zero-order valence-electron chi connectivity index (χ0n) is 16.9. The van der Waals surface area contributed by atoms with E-state index >= 15 is 0 Å². The SMILES string of the molecule is C/C=S1\C2C(C)NCCC2NC(=O)N1CC(=O)N[C@H]1COC2CC(C#N)CNC21. The van der Waals surface area contributed by atoms with Gasteiger partial charge < -0.3 is 26.0 Å². The lowest BCUT2D eigenvalue weighted by Crippen LogP contribution is -2.64. The van der Waals surface area contributed by atoms with Crippen LogP contribution in [-0.4, -0.2) is 83.4 Å². The van der Waals surface area contributed by atoms with Crippen LogP contribution in [0.1, 0.15) is 26.7 Å². The number of rotatable bonds is 3. The zero-order chi connectivity index (χ0) is 20.5. The predicted molar refractivity (Wildman–Crippen MR) is 111 cm³/mol. The number of carbonyl (C=O) groups is 2. The molecule has 7 unspecified atom stereocenters. The second-order valence-corrected chi connectivity index (χ2v) is 10.4. The van der Waals surface area contributed by atoms with E-state index in [9.17, 15) is 9.59 Å². The van der Waals surface area contributed by atoms with E-state index in [1.165, 1.54) is 0 Å². The normalized spacial score (nSPS) is 41.8. The lowest BCUT2D eigenvalue weighted by atomic mass is 9.91. The van der Waals surface area contributed by atoms with Crippen molar-refractivity contribution in [3.8, 4) is 6.07 Å². The first-order valence-electron chi connectivity index (χ1n) is 10.4. The first-order valence-corrected chi connectivity index (χ1v) is 11.7. The number of urea groups is 1. The summed E-state index contributed by atoms with van der Waals surface area (Å²) in [7, 11) is -0.414. The molecule has 3 amide bonds. The van der Waals surface area contributed by atoms with Crippen molar-refractivity contribution in [1.29, 1.82) is 5.26 Å². The van der Waals surface area contributed by atoms with Crippen molar-refractivity contribution in [3.63, 3.8) is 0 Å². The molecule has 0 bridgehead atoms. The quantitative estimate of drug-likeness (QED) is 0.457. The lowest BCUT2D eigenvalue weighted by molar-refractivity contribution is -0.121. The summed E-state index contributed by atoms with van der Waals surface area (Å²) in [6, 6.07) is 2.42. The van der Waals surface area contributed by atoms with Crippen molar-refractivity contribution in [2.75, 3.05) is 26.2 Å². The van der Waals surface area contributed by atoms with Gasteiger partial charge in [0.1, 0.15) is 6.54 Å². The van der Waals surface area contributed by atoms with Crippen LogP contribution in [0.5, 0.6) is 0 Å². The number of nitrogens with zero attached hydrogens (tertiary/aromatic N) is 2. The molecule has 0 aliphatic carbocycles. The van der Waals surface area contributed by atoms with Gasteiger partial charge in [0.25, 0.3) is 0 Å². The molecule has 160 valence electrons. The van der Waals surface area contributed by atoms with Crippen molar-refractivity contribution < 1.29 is 14.3 Å². The molecule has 4 saturated heterocycles. The molecule has 0 radical (unpaired) electrons. The van der Waals surface area contributed by atoms with E-state index in [2.05, 4.69) is 39.6 Å². The van der Waals surface area contributed by atoms with Gasteiger partial charge in [-0.15, -0.1) is 0 Å². The fourth-order valence-electron chi connectivity index (χ4n) is 4.97. The van der Waals surface area contributed by atoms with Crippen molar-refractivity contribution in [2.45, 2.75) is 62.2 Å². The Morgan fingerprint density at radius 2 is 2.31 bits per heavy atom. The number of piperidine rings is 2. The summed E-state index contributed by atoms with van der Waals surface area (Å²) in [4.78, 5) is 25.5. The smallest absolute Gasteiger partial charge is 0.327 e. The van der Waals surface area contributed by atoms with Gasteiger partial charge in [0, 0.05) is 18.6 Å². The molecule has 9 nitrogen and oxygen atoms in total. The summed E-state index contributed by atoms with van der Waals surface area (Å²) in [5, 5.41) is 24.4. The third-order valence-corrected chi connectivity index (χ3v) is 8.96. The number of fused-ring (bicyclic) bond motifs is 2. The van der Waals surface area contributed by atoms with Crippen LogP contribution in [0.15, 0.2) is 0 Å². The maximum Gasteiger partial charge on any atom is 0.327 e. The molecule has 4 N–H and O–H groups in total. The third-order valence-electron chi connectivity index (χ3n) is 6.38. The first-order chi connectivity index (χ1) is 14.0. The Morgan fingerprint density at radius 1 is 1.48 bits per heavy atom. The molecule has 0 aromatic carbocycles. The number of ether oxygens (including phenoxy) is 1. The Labute approximate surface area is 174 Å². The Kier molecular flexibility index (Phi) is 6.11. The van der Waals surface area contributed by atoms with E-state index < -0.39 is 10.7 Å². The van der Waals surface area contributed by atoms with Crippen LogP contribution in [0.25, 0.3) is 0 Å².